The smallest absolute Gasteiger partial charge is 0.180 e. The highest BCUT2D eigenvalue weighted by atomic mass is 35.5. The lowest BCUT2D eigenvalue weighted by molar-refractivity contribution is 0.0897. The van der Waals surface area contributed by atoms with Gasteiger partial charge in [0.2, 0.25) is 0 Å². The van der Waals surface area contributed by atoms with Crippen molar-refractivity contribution >= 4 is 40.0 Å². The molecule has 0 unspecified atom stereocenters. The van der Waals surface area contributed by atoms with Gasteiger partial charge in [0, 0.05) is 12.4 Å². The minimum atomic E-state index is -0.275. The Balaban J connectivity index is 1.84. The van der Waals surface area contributed by atoms with Gasteiger partial charge >= 0.3 is 0 Å². The molecule has 20 heavy (non-hydrogen) atoms. The Labute approximate surface area is 122 Å². The van der Waals surface area contributed by atoms with Gasteiger partial charge in [-0.05, 0) is 12.1 Å². The SMILES string of the molecule is O=C(CC(=O)c1cnn2ccncc12)c1ccc(Cl)s1. The molecule has 0 amide bonds. The first-order valence-electron chi connectivity index (χ1n) is 5.74. The first-order valence-corrected chi connectivity index (χ1v) is 6.93. The van der Waals surface area contributed by atoms with Crippen molar-refractivity contribution in [2.45, 2.75) is 6.42 Å². The third kappa shape index (κ3) is 2.35. The molecule has 0 aliphatic carbocycles. The van der Waals surface area contributed by atoms with Crippen molar-refractivity contribution < 1.29 is 9.59 Å². The predicted molar refractivity (Wildman–Crippen MR) is 75.6 cm³/mol. The Morgan fingerprint density at radius 2 is 2.10 bits per heavy atom. The van der Waals surface area contributed by atoms with Gasteiger partial charge in [-0.25, -0.2) is 4.52 Å². The number of nitrogens with zero attached hydrogens (tertiary/aromatic N) is 3. The summed E-state index contributed by atoms with van der Waals surface area (Å²) in [7, 11) is 0. The zero-order valence-corrected chi connectivity index (χ0v) is 11.7. The van der Waals surface area contributed by atoms with E-state index in [-0.39, 0.29) is 18.0 Å². The Bertz CT molecular complexity index is 809. The van der Waals surface area contributed by atoms with Crippen LogP contribution < -0.4 is 0 Å². The molecule has 0 spiro atoms. The largest absolute Gasteiger partial charge is 0.294 e. The van der Waals surface area contributed by atoms with E-state index in [0.29, 0.717) is 20.3 Å². The molecule has 0 saturated heterocycles. The maximum absolute atomic E-state index is 12.2. The number of hydrogen-bond donors (Lipinski definition) is 0. The number of halogens is 1. The van der Waals surface area contributed by atoms with E-state index in [0.717, 1.165) is 0 Å². The summed E-state index contributed by atoms with van der Waals surface area (Å²) in [5.41, 5.74) is 0.989. The van der Waals surface area contributed by atoms with Gasteiger partial charge in [-0.1, -0.05) is 11.6 Å². The van der Waals surface area contributed by atoms with Crippen molar-refractivity contribution in [1.82, 2.24) is 14.6 Å². The van der Waals surface area contributed by atoms with Gasteiger partial charge in [0.25, 0.3) is 0 Å². The first kappa shape index (κ1) is 13.0. The summed E-state index contributed by atoms with van der Waals surface area (Å²) >= 11 is 6.95. The molecule has 0 aromatic carbocycles. The summed E-state index contributed by atoms with van der Waals surface area (Å²) in [4.78, 5) is 28.6. The lowest BCUT2D eigenvalue weighted by Crippen LogP contribution is -2.07. The number of carbonyl (C=O) groups excluding carboxylic acids is 2. The Kier molecular flexibility index (Phi) is 3.33. The molecule has 3 aromatic heterocycles. The van der Waals surface area contributed by atoms with E-state index in [1.807, 2.05) is 0 Å². The summed E-state index contributed by atoms with van der Waals surface area (Å²) < 4.78 is 2.08. The second-order valence-electron chi connectivity index (χ2n) is 4.09. The summed E-state index contributed by atoms with van der Waals surface area (Å²) in [5, 5.41) is 4.05. The molecule has 3 heterocycles. The second kappa shape index (κ2) is 5.15. The highest BCUT2D eigenvalue weighted by Gasteiger charge is 2.18. The number of aromatic nitrogens is 3. The average Bonchev–Trinajstić information content (AvgIpc) is 3.04. The topological polar surface area (TPSA) is 64.3 Å². The fraction of sp³-hybridized carbons (Fsp3) is 0.0769. The zero-order chi connectivity index (χ0) is 14.1. The number of fused-ring (bicyclic) bond motifs is 1. The molecule has 5 nitrogen and oxygen atoms in total. The lowest BCUT2D eigenvalue weighted by Gasteiger charge is -1.97. The standard InChI is InChI=1S/C13H8ClN3O2S/c14-13-2-1-12(20-13)11(19)5-10(18)8-6-16-17-4-3-15-7-9(8)17/h1-4,6-7H,5H2. The maximum Gasteiger partial charge on any atom is 0.180 e. The minimum Gasteiger partial charge on any atom is -0.294 e. The van der Waals surface area contributed by atoms with Crippen LogP contribution in [0.5, 0.6) is 0 Å². The third-order valence-electron chi connectivity index (χ3n) is 2.79. The molecule has 0 radical (unpaired) electrons. The van der Waals surface area contributed by atoms with Crippen LogP contribution in [0.3, 0.4) is 0 Å². The average molecular weight is 306 g/mol. The van der Waals surface area contributed by atoms with E-state index >= 15 is 0 Å². The summed E-state index contributed by atoms with van der Waals surface area (Å²) in [6, 6.07) is 3.27. The summed E-state index contributed by atoms with van der Waals surface area (Å²) in [6.07, 6.45) is 6.02. The van der Waals surface area contributed by atoms with E-state index in [9.17, 15) is 9.59 Å². The molecular formula is C13H8ClN3O2S. The Morgan fingerprint density at radius 1 is 1.25 bits per heavy atom. The van der Waals surface area contributed by atoms with Crippen molar-refractivity contribution in [2.24, 2.45) is 0 Å². The molecule has 0 aliphatic rings. The number of rotatable bonds is 4. The van der Waals surface area contributed by atoms with Crippen LogP contribution in [-0.2, 0) is 0 Å². The van der Waals surface area contributed by atoms with Gasteiger partial charge in [0.05, 0.1) is 39.1 Å². The van der Waals surface area contributed by atoms with Crippen molar-refractivity contribution in [2.75, 3.05) is 0 Å². The van der Waals surface area contributed by atoms with Gasteiger partial charge in [0.1, 0.15) is 0 Å². The highest BCUT2D eigenvalue weighted by Crippen LogP contribution is 2.23. The lowest BCUT2D eigenvalue weighted by atomic mass is 10.1. The monoisotopic (exact) mass is 305 g/mol. The molecule has 100 valence electrons. The van der Waals surface area contributed by atoms with E-state index in [4.69, 9.17) is 11.6 Å². The van der Waals surface area contributed by atoms with E-state index in [1.54, 1.807) is 35.2 Å². The zero-order valence-electron chi connectivity index (χ0n) is 10.1. The van der Waals surface area contributed by atoms with Gasteiger partial charge < -0.3 is 0 Å². The quantitative estimate of drug-likeness (QED) is 0.549. The second-order valence-corrected chi connectivity index (χ2v) is 5.81. The number of Topliss-reactive ketones (excluding diaryl/α,β-unsaturated/α-hetero) is 2. The number of hydrogen-bond acceptors (Lipinski definition) is 5. The Morgan fingerprint density at radius 3 is 2.85 bits per heavy atom. The molecule has 3 rings (SSSR count). The minimum absolute atomic E-state index is 0.201. The molecule has 0 saturated carbocycles. The molecule has 7 heteroatoms. The van der Waals surface area contributed by atoms with E-state index in [1.165, 1.54) is 17.5 Å². The van der Waals surface area contributed by atoms with Crippen LogP contribution in [0.4, 0.5) is 0 Å². The number of thiophene rings is 1. The Hall–Kier alpha value is -2.05. The van der Waals surface area contributed by atoms with Gasteiger partial charge in [-0.2, -0.15) is 5.10 Å². The van der Waals surface area contributed by atoms with Crippen LogP contribution in [0.1, 0.15) is 26.5 Å². The van der Waals surface area contributed by atoms with E-state index < -0.39 is 0 Å². The summed E-state index contributed by atoms with van der Waals surface area (Å²) in [6.45, 7) is 0. The molecule has 0 bridgehead atoms. The van der Waals surface area contributed by atoms with Gasteiger partial charge in [-0.15, -0.1) is 11.3 Å². The molecule has 0 N–H and O–H groups in total. The van der Waals surface area contributed by atoms with E-state index in [2.05, 4.69) is 10.1 Å². The van der Waals surface area contributed by atoms with Crippen LogP contribution in [0.2, 0.25) is 4.34 Å². The van der Waals surface area contributed by atoms with Crippen molar-refractivity contribution in [3.05, 3.63) is 51.7 Å². The summed E-state index contributed by atoms with van der Waals surface area (Å²) in [5.74, 6) is -0.516. The van der Waals surface area contributed by atoms with Crippen LogP contribution in [0.15, 0.2) is 36.9 Å². The van der Waals surface area contributed by atoms with Crippen LogP contribution in [0, 0.1) is 0 Å². The fourth-order valence-electron chi connectivity index (χ4n) is 1.84. The van der Waals surface area contributed by atoms with Crippen LogP contribution in [0.25, 0.3) is 5.52 Å². The molecular weight excluding hydrogens is 298 g/mol. The molecule has 0 atom stereocenters. The van der Waals surface area contributed by atoms with Gasteiger partial charge in [0.15, 0.2) is 11.6 Å². The van der Waals surface area contributed by atoms with Crippen LogP contribution >= 0.6 is 22.9 Å². The first-order chi connectivity index (χ1) is 9.65. The van der Waals surface area contributed by atoms with Crippen LogP contribution in [-0.4, -0.2) is 26.2 Å². The van der Waals surface area contributed by atoms with Crippen molar-refractivity contribution in [3.63, 3.8) is 0 Å². The van der Waals surface area contributed by atoms with Gasteiger partial charge in [-0.3, -0.25) is 14.6 Å². The number of ketones is 2. The number of carbonyl (C=O) groups is 2. The highest BCUT2D eigenvalue weighted by molar-refractivity contribution is 7.18. The maximum atomic E-state index is 12.2. The molecule has 0 aliphatic heterocycles. The van der Waals surface area contributed by atoms with Crippen molar-refractivity contribution in [3.8, 4) is 0 Å². The third-order valence-corrected chi connectivity index (χ3v) is 4.07. The predicted octanol–water partition coefficient (Wildman–Crippen LogP) is 2.90. The van der Waals surface area contributed by atoms with Crippen molar-refractivity contribution in [1.29, 1.82) is 0 Å². The molecule has 0 fully saturated rings. The fourth-order valence-corrected chi connectivity index (χ4v) is 2.82. The normalized spacial score (nSPS) is 10.8. The molecule has 3 aromatic rings.